The van der Waals surface area contributed by atoms with Crippen LogP contribution in [0, 0.1) is 6.92 Å². The van der Waals surface area contributed by atoms with Crippen molar-refractivity contribution in [3.63, 3.8) is 0 Å². The third-order valence-corrected chi connectivity index (χ3v) is 3.91. The predicted octanol–water partition coefficient (Wildman–Crippen LogP) is 4.14. The van der Waals surface area contributed by atoms with Gasteiger partial charge < -0.3 is 15.2 Å². The van der Waals surface area contributed by atoms with Gasteiger partial charge in [0, 0.05) is 23.2 Å². The van der Waals surface area contributed by atoms with Crippen molar-refractivity contribution in [1.82, 2.24) is 9.97 Å². The lowest BCUT2D eigenvalue weighted by Crippen LogP contribution is -2.18. The molecule has 0 bridgehead atoms. The van der Waals surface area contributed by atoms with Crippen molar-refractivity contribution in [1.29, 1.82) is 0 Å². The molecular weight excluding hydrogens is 326 g/mol. The topological polar surface area (TPSA) is 70.3 Å². The van der Waals surface area contributed by atoms with Crippen molar-refractivity contribution in [2.45, 2.75) is 26.3 Å². The largest absolute Gasteiger partial charge is 0.493 e. The van der Waals surface area contributed by atoms with Crippen molar-refractivity contribution in [2.75, 3.05) is 7.11 Å². The van der Waals surface area contributed by atoms with Crippen molar-refractivity contribution in [3.8, 4) is 28.6 Å². The van der Waals surface area contributed by atoms with Crippen LogP contribution in [-0.4, -0.2) is 23.1 Å². The normalized spacial score (nSPS) is 11.8. The van der Waals surface area contributed by atoms with E-state index in [1.165, 1.54) is 0 Å². The van der Waals surface area contributed by atoms with Crippen molar-refractivity contribution >= 4 is 0 Å². The molecule has 134 valence electrons. The van der Waals surface area contributed by atoms with Gasteiger partial charge in [0.2, 0.25) is 5.88 Å². The quantitative estimate of drug-likeness (QED) is 0.724. The average molecular weight is 349 g/mol. The first-order valence-corrected chi connectivity index (χ1v) is 8.57. The number of aromatic nitrogens is 2. The molecule has 0 amide bonds. The maximum atomic E-state index is 6.14. The van der Waals surface area contributed by atoms with E-state index in [-0.39, 0.29) is 6.04 Å². The number of nitrogens with two attached hydrogens (primary N) is 1. The van der Waals surface area contributed by atoms with E-state index in [4.69, 9.17) is 15.2 Å². The number of benzene rings is 2. The molecule has 0 saturated heterocycles. The van der Waals surface area contributed by atoms with Gasteiger partial charge in [0.25, 0.3) is 0 Å². The molecule has 0 aliphatic heterocycles. The van der Waals surface area contributed by atoms with Crippen LogP contribution in [0.1, 0.15) is 18.3 Å². The van der Waals surface area contributed by atoms with Crippen LogP contribution in [0.4, 0.5) is 0 Å². The Bertz CT molecular complexity index is 880. The lowest BCUT2D eigenvalue weighted by Gasteiger charge is -2.16. The van der Waals surface area contributed by atoms with Gasteiger partial charge in [-0.3, -0.25) is 0 Å². The van der Waals surface area contributed by atoms with Gasteiger partial charge in [-0.15, -0.1) is 0 Å². The standard InChI is InChI=1S/C21H23N3O2/c1-14(22)12-17-10-7-11-19(25-3)21(17)26-20-13-18(23-15(2)24-20)16-8-5-4-6-9-16/h4-11,13-14H,12,22H2,1-3H3. The molecule has 1 unspecified atom stereocenters. The average Bonchev–Trinajstić information content (AvgIpc) is 2.63. The van der Waals surface area contributed by atoms with Crippen molar-refractivity contribution < 1.29 is 9.47 Å². The molecule has 0 saturated carbocycles. The van der Waals surface area contributed by atoms with E-state index in [0.29, 0.717) is 29.6 Å². The molecule has 5 nitrogen and oxygen atoms in total. The van der Waals surface area contributed by atoms with Gasteiger partial charge in [0.15, 0.2) is 11.5 Å². The number of para-hydroxylation sites is 1. The van der Waals surface area contributed by atoms with Gasteiger partial charge in [-0.2, -0.15) is 4.98 Å². The lowest BCUT2D eigenvalue weighted by atomic mass is 10.1. The summed E-state index contributed by atoms with van der Waals surface area (Å²) >= 11 is 0. The highest BCUT2D eigenvalue weighted by molar-refractivity contribution is 5.60. The zero-order chi connectivity index (χ0) is 18.5. The van der Waals surface area contributed by atoms with Crippen LogP contribution in [0.15, 0.2) is 54.6 Å². The second kappa shape index (κ2) is 7.97. The molecule has 2 N–H and O–H groups in total. The number of rotatable bonds is 6. The summed E-state index contributed by atoms with van der Waals surface area (Å²) in [6, 6.07) is 17.6. The lowest BCUT2D eigenvalue weighted by molar-refractivity contribution is 0.370. The molecule has 3 rings (SSSR count). The first kappa shape index (κ1) is 17.9. The van der Waals surface area contributed by atoms with Crippen LogP contribution in [0.5, 0.6) is 17.4 Å². The number of ether oxygens (including phenoxy) is 2. The summed E-state index contributed by atoms with van der Waals surface area (Å²) in [7, 11) is 1.62. The number of aryl methyl sites for hydroxylation is 1. The van der Waals surface area contributed by atoms with Gasteiger partial charge in [-0.05, 0) is 26.3 Å². The molecule has 2 aromatic carbocycles. The fraction of sp³-hybridized carbons (Fsp3) is 0.238. The molecule has 0 aliphatic carbocycles. The van der Waals surface area contributed by atoms with Gasteiger partial charge in [-0.25, -0.2) is 4.98 Å². The van der Waals surface area contributed by atoms with Crippen LogP contribution >= 0.6 is 0 Å². The Morgan fingerprint density at radius 3 is 2.50 bits per heavy atom. The third kappa shape index (κ3) is 4.18. The number of methoxy groups -OCH3 is 1. The maximum Gasteiger partial charge on any atom is 0.223 e. The number of hydrogen-bond acceptors (Lipinski definition) is 5. The molecule has 1 atom stereocenters. The Hall–Kier alpha value is -2.92. The Balaban J connectivity index is 2.00. The van der Waals surface area contributed by atoms with Crippen LogP contribution in [0.2, 0.25) is 0 Å². The summed E-state index contributed by atoms with van der Waals surface area (Å²) in [5.74, 6) is 2.42. The summed E-state index contributed by atoms with van der Waals surface area (Å²) in [6.07, 6.45) is 0.683. The van der Waals surface area contributed by atoms with E-state index in [1.54, 1.807) is 7.11 Å². The number of nitrogens with zero attached hydrogens (tertiary/aromatic N) is 2. The molecule has 0 aliphatic rings. The molecule has 26 heavy (non-hydrogen) atoms. The minimum atomic E-state index is 0.0106. The molecule has 1 heterocycles. The molecule has 1 aromatic heterocycles. The SMILES string of the molecule is COc1cccc(CC(C)N)c1Oc1cc(-c2ccccc2)nc(C)n1. The summed E-state index contributed by atoms with van der Waals surface area (Å²) in [6.45, 7) is 3.82. The highest BCUT2D eigenvalue weighted by Crippen LogP contribution is 2.35. The van der Waals surface area contributed by atoms with E-state index in [9.17, 15) is 0 Å². The molecule has 5 heteroatoms. The summed E-state index contributed by atoms with van der Waals surface area (Å²) in [4.78, 5) is 8.95. The fourth-order valence-corrected chi connectivity index (χ4v) is 2.80. The monoisotopic (exact) mass is 349 g/mol. The van der Waals surface area contributed by atoms with E-state index >= 15 is 0 Å². The zero-order valence-electron chi connectivity index (χ0n) is 15.3. The fourth-order valence-electron chi connectivity index (χ4n) is 2.80. The Morgan fingerprint density at radius 2 is 1.81 bits per heavy atom. The molecule has 0 fully saturated rings. The minimum absolute atomic E-state index is 0.0106. The Labute approximate surface area is 153 Å². The summed E-state index contributed by atoms with van der Waals surface area (Å²) < 4.78 is 11.6. The maximum absolute atomic E-state index is 6.14. The van der Waals surface area contributed by atoms with Crippen LogP contribution in [0.25, 0.3) is 11.3 Å². The molecule has 0 spiro atoms. The van der Waals surface area contributed by atoms with Crippen molar-refractivity contribution in [2.24, 2.45) is 5.73 Å². The third-order valence-electron chi connectivity index (χ3n) is 3.91. The highest BCUT2D eigenvalue weighted by atomic mass is 16.5. The summed E-state index contributed by atoms with van der Waals surface area (Å²) in [5.41, 5.74) is 8.79. The van der Waals surface area contributed by atoms with E-state index < -0.39 is 0 Å². The van der Waals surface area contributed by atoms with Crippen molar-refractivity contribution in [3.05, 3.63) is 66.0 Å². The smallest absolute Gasteiger partial charge is 0.223 e. The second-order valence-corrected chi connectivity index (χ2v) is 6.24. The minimum Gasteiger partial charge on any atom is -0.493 e. The summed E-state index contributed by atoms with van der Waals surface area (Å²) in [5, 5.41) is 0. The predicted molar refractivity (Wildman–Crippen MR) is 103 cm³/mol. The highest BCUT2D eigenvalue weighted by Gasteiger charge is 2.15. The molecule has 0 radical (unpaired) electrons. The second-order valence-electron chi connectivity index (χ2n) is 6.24. The van der Waals surface area contributed by atoms with Crippen LogP contribution in [-0.2, 0) is 6.42 Å². The van der Waals surface area contributed by atoms with E-state index in [1.807, 2.05) is 68.4 Å². The van der Waals surface area contributed by atoms with Crippen LogP contribution in [0.3, 0.4) is 0 Å². The molecule has 3 aromatic rings. The Kier molecular flexibility index (Phi) is 5.49. The van der Waals surface area contributed by atoms with E-state index in [0.717, 1.165) is 16.8 Å². The van der Waals surface area contributed by atoms with Crippen LogP contribution < -0.4 is 15.2 Å². The first-order valence-electron chi connectivity index (χ1n) is 8.57. The van der Waals surface area contributed by atoms with Gasteiger partial charge in [-0.1, -0.05) is 42.5 Å². The zero-order valence-corrected chi connectivity index (χ0v) is 15.3. The van der Waals surface area contributed by atoms with Gasteiger partial charge >= 0.3 is 0 Å². The first-order chi connectivity index (χ1) is 12.6. The van der Waals surface area contributed by atoms with Gasteiger partial charge in [0.05, 0.1) is 12.8 Å². The number of hydrogen-bond donors (Lipinski definition) is 1. The Morgan fingerprint density at radius 1 is 1.04 bits per heavy atom. The molecular formula is C21H23N3O2. The van der Waals surface area contributed by atoms with Gasteiger partial charge in [0.1, 0.15) is 5.82 Å². The van der Waals surface area contributed by atoms with E-state index in [2.05, 4.69) is 9.97 Å².